The summed E-state index contributed by atoms with van der Waals surface area (Å²) in [4.78, 5) is 0. The zero-order valence-corrected chi connectivity index (χ0v) is 11.5. The molecule has 2 saturated carbocycles. The standard InChI is InChI=1S/C15H29NO/c1-15(2)8-3-4-12(10-15)13(11-17)7-9-16-14-5-6-14/h12-14,16-17H,3-11H2,1-2H3. The second-order valence-corrected chi connectivity index (χ2v) is 6.98. The Balaban J connectivity index is 1.75. The van der Waals surface area contributed by atoms with Crippen molar-refractivity contribution in [2.24, 2.45) is 17.3 Å². The van der Waals surface area contributed by atoms with Gasteiger partial charge < -0.3 is 10.4 Å². The van der Waals surface area contributed by atoms with Gasteiger partial charge in [-0.05, 0) is 55.9 Å². The molecule has 2 N–H and O–H groups in total. The third kappa shape index (κ3) is 4.26. The predicted octanol–water partition coefficient (Wildman–Crippen LogP) is 2.95. The van der Waals surface area contributed by atoms with Gasteiger partial charge in [0.1, 0.15) is 0 Å². The maximum atomic E-state index is 9.60. The molecular formula is C15H29NO. The van der Waals surface area contributed by atoms with E-state index >= 15 is 0 Å². The van der Waals surface area contributed by atoms with E-state index in [1.165, 1.54) is 38.5 Å². The summed E-state index contributed by atoms with van der Waals surface area (Å²) in [5.74, 6) is 1.28. The van der Waals surface area contributed by atoms with Crippen molar-refractivity contribution in [3.05, 3.63) is 0 Å². The van der Waals surface area contributed by atoms with Gasteiger partial charge in [-0.25, -0.2) is 0 Å². The summed E-state index contributed by atoms with van der Waals surface area (Å²) in [6, 6.07) is 0.803. The van der Waals surface area contributed by atoms with E-state index in [1.54, 1.807) is 0 Å². The van der Waals surface area contributed by atoms with Gasteiger partial charge in [-0.1, -0.05) is 26.7 Å². The first-order valence-corrected chi connectivity index (χ1v) is 7.45. The molecule has 2 nitrogen and oxygen atoms in total. The molecule has 0 amide bonds. The summed E-state index contributed by atoms with van der Waals surface area (Å²) in [5, 5.41) is 13.2. The lowest BCUT2D eigenvalue weighted by molar-refractivity contribution is 0.0887. The Hall–Kier alpha value is -0.0800. The Morgan fingerprint density at radius 1 is 1.29 bits per heavy atom. The fourth-order valence-corrected chi connectivity index (χ4v) is 3.40. The van der Waals surface area contributed by atoms with E-state index < -0.39 is 0 Å². The van der Waals surface area contributed by atoms with Crippen LogP contribution in [0.3, 0.4) is 0 Å². The van der Waals surface area contributed by atoms with Crippen LogP contribution in [0.4, 0.5) is 0 Å². The molecule has 2 aliphatic rings. The monoisotopic (exact) mass is 239 g/mol. The minimum absolute atomic E-state index is 0.382. The molecule has 2 unspecified atom stereocenters. The van der Waals surface area contributed by atoms with Gasteiger partial charge in [0.15, 0.2) is 0 Å². The van der Waals surface area contributed by atoms with Crippen LogP contribution in [0, 0.1) is 17.3 Å². The summed E-state index contributed by atoms with van der Waals surface area (Å²) in [6.45, 7) is 6.26. The zero-order chi connectivity index (χ0) is 12.3. The molecule has 2 atom stereocenters. The largest absolute Gasteiger partial charge is 0.396 e. The van der Waals surface area contributed by atoms with Crippen LogP contribution in [-0.2, 0) is 0 Å². The number of rotatable bonds is 6. The molecule has 0 aliphatic heterocycles. The molecule has 0 saturated heterocycles. The highest BCUT2D eigenvalue weighted by Gasteiger charge is 2.32. The summed E-state index contributed by atoms with van der Waals surface area (Å²) < 4.78 is 0. The van der Waals surface area contributed by atoms with Gasteiger partial charge in [-0.15, -0.1) is 0 Å². The summed E-state index contributed by atoms with van der Waals surface area (Å²) in [7, 11) is 0. The lowest BCUT2D eigenvalue weighted by Gasteiger charge is -2.38. The first-order valence-electron chi connectivity index (χ1n) is 7.45. The topological polar surface area (TPSA) is 32.3 Å². The Kier molecular flexibility index (Phi) is 4.48. The van der Waals surface area contributed by atoms with E-state index in [1.807, 2.05) is 0 Å². The molecule has 0 radical (unpaired) electrons. The van der Waals surface area contributed by atoms with Crippen molar-refractivity contribution in [2.45, 2.75) is 64.8 Å². The fourth-order valence-electron chi connectivity index (χ4n) is 3.40. The molecule has 2 fully saturated rings. The van der Waals surface area contributed by atoms with E-state index in [-0.39, 0.29) is 0 Å². The number of nitrogens with one attached hydrogen (secondary N) is 1. The quantitative estimate of drug-likeness (QED) is 0.747. The lowest BCUT2D eigenvalue weighted by Crippen LogP contribution is -2.31. The molecule has 2 rings (SSSR count). The van der Waals surface area contributed by atoms with Crippen molar-refractivity contribution in [2.75, 3.05) is 13.2 Å². The Morgan fingerprint density at radius 2 is 2.06 bits per heavy atom. The molecule has 0 aromatic heterocycles. The number of hydrogen-bond acceptors (Lipinski definition) is 2. The van der Waals surface area contributed by atoms with Crippen molar-refractivity contribution in [3.8, 4) is 0 Å². The third-order valence-electron chi connectivity index (χ3n) is 4.67. The normalized spacial score (nSPS) is 30.2. The molecular weight excluding hydrogens is 210 g/mol. The molecule has 0 aromatic carbocycles. The van der Waals surface area contributed by atoms with Crippen molar-refractivity contribution < 1.29 is 5.11 Å². The summed E-state index contributed by atoms with van der Waals surface area (Å²) in [6.07, 6.45) is 9.24. The molecule has 0 heterocycles. The van der Waals surface area contributed by atoms with Crippen LogP contribution in [-0.4, -0.2) is 24.3 Å². The van der Waals surface area contributed by atoms with Gasteiger partial charge in [0.05, 0.1) is 0 Å². The van der Waals surface area contributed by atoms with Gasteiger partial charge in [-0.2, -0.15) is 0 Å². The van der Waals surface area contributed by atoms with Gasteiger partial charge >= 0.3 is 0 Å². The average Bonchev–Trinajstić information content (AvgIpc) is 3.07. The van der Waals surface area contributed by atoms with Crippen LogP contribution in [0.5, 0.6) is 0 Å². The van der Waals surface area contributed by atoms with E-state index in [2.05, 4.69) is 19.2 Å². The van der Waals surface area contributed by atoms with Crippen LogP contribution < -0.4 is 5.32 Å². The van der Waals surface area contributed by atoms with E-state index in [9.17, 15) is 5.11 Å². The van der Waals surface area contributed by atoms with Gasteiger partial charge in [0.25, 0.3) is 0 Å². The Bertz CT molecular complexity index is 235. The van der Waals surface area contributed by atoms with Gasteiger partial charge in [-0.3, -0.25) is 0 Å². The van der Waals surface area contributed by atoms with Crippen molar-refractivity contribution >= 4 is 0 Å². The van der Waals surface area contributed by atoms with Crippen molar-refractivity contribution in [1.82, 2.24) is 5.32 Å². The van der Waals surface area contributed by atoms with E-state index in [4.69, 9.17) is 0 Å². The zero-order valence-electron chi connectivity index (χ0n) is 11.5. The van der Waals surface area contributed by atoms with Gasteiger partial charge in [0, 0.05) is 12.6 Å². The second-order valence-electron chi connectivity index (χ2n) is 6.98. The smallest absolute Gasteiger partial charge is 0.0462 e. The summed E-state index contributed by atoms with van der Waals surface area (Å²) >= 11 is 0. The molecule has 0 spiro atoms. The first kappa shape index (κ1) is 13.4. The van der Waals surface area contributed by atoms with Crippen LogP contribution >= 0.6 is 0 Å². The number of hydrogen-bond donors (Lipinski definition) is 2. The maximum absolute atomic E-state index is 9.60. The highest BCUT2D eigenvalue weighted by Crippen LogP contribution is 2.42. The van der Waals surface area contributed by atoms with Crippen LogP contribution in [0.25, 0.3) is 0 Å². The van der Waals surface area contributed by atoms with E-state index in [0.717, 1.165) is 24.9 Å². The second kappa shape index (κ2) is 5.71. The summed E-state index contributed by atoms with van der Waals surface area (Å²) in [5.41, 5.74) is 0.500. The van der Waals surface area contributed by atoms with Crippen molar-refractivity contribution in [1.29, 1.82) is 0 Å². The molecule has 2 aliphatic carbocycles. The minimum Gasteiger partial charge on any atom is -0.396 e. The molecule has 2 heteroatoms. The minimum atomic E-state index is 0.382. The predicted molar refractivity (Wildman–Crippen MR) is 72.0 cm³/mol. The van der Waals surface area contributed by atoms with E-state index in [0.29, 0.717) is 17.9 Å². The Morgan fingerprint density at radius 3 is 2.65 bits per heavy atom. The van der Waals surface area contributed by atoms with Gasteiger partial charge in [0.2, 0.25) is 0 Å². The third-order valence-corrected chi connectivity index (χ3v) is 4.67. The highest BCUT2D eigenvalue weighted by molar-refractivity contribution is 4.85. The molecule has 0 bridgehead atoms. The van der Waals surface area contributed by atoms with Crippen LogP contribution in [0.15, 0.2) is 0 Å². The lowest BCUT2D eigenvalue weighted by atomic mass is 9.68. The highest BCUT2D eigenvalue weighted by atomic mass is 16.3. The number of aliphatic hydroxyl groups is 1. The van der Waals surface area contributed by atoms with Crippen LogP contribution in [0.2, 0.25) is 0 Å². The SMILES string of the molecule is CC1(C)CCCC(C(CO)CCNC2CC2)C1. The first-order chi connectivity index (χ1) is 8.11. The molecule has 17 heavy (non-hydrogen) atoms. The molecule has 0 aromatic rings. The van der Waals surface area contributed by atoms with Crippen molar-refractivity contribution in [3.63, 3.8) is 0 Å². The average molecular weight is 239 g/mol. The molecule has 100 valence electrons. The number of aliphatic hydroxyl groups excluding tert-OH is 1. The Labute approximate surface area is 106 Å². The van der Waals surface area contributed by atoms with Crippen LogP contribution in [0.1, 0.15) is 58.8 Å². The maximum Gasteiger partial charge on any atom is 0.0462 e. The fraction of sp³-hybridized carbons (Fsp3) is 1.00.